The molecule has 0 fully saturated rings. The molecule has 2 nitrogen and oxygen atoms in total. The molecule has 14 heavy (non-hydrogen) atoms. The molecule has 0 aliphatic carbocycles. The van der Waals surface area contributed by atoms with Crippen LogP contribution in [0.3, 0.4) is 0 Å². The van der Waals surface area contributed by atoms with Crippen LogP contribution in [0.2, 0.25) is 0 Å². The number of hydrogen-bond donors (Lipinski definition) is 0. The second-order valence-electron chi connectivity index (χ2n) is 2.64. The van der Waals surface area contributed by atoms with Crippen LogP contribution >= 0.6 is 33.9 Å². The number of hydrogen-bond acceptors (Lipinski definition) is 3. The van der Waals surface area contributed by atoms with Gasteiger partial charge in [-0.15, -0.1) is 11.3 Å². The molecule has 0 N–H and O–H groups in total. The van der Waals surface area contributed by atoms with Gasteiger partial charge < -0.3 is 4.74 Å². The van der Waals surface area contributed by atoms with E-state index in [1.54, 1.807) is 17.5 Å². The first-order valence-electron chi connectivity index (χ1n) is 4.12. The van der Waals surface area contributed by atoms with Gasteiger partial charge in [-0.3, -0.25) is 0 Å². The van der Waals surface area contributed by atoms with Crippen molar-refractivity contribution in [2.45, 2.75) is 6.61 Å². The molecule has 72 valence electrons. The van der Waals surface area contributed by atoms with Gasteiger partial charge >= 0.3 is 0 Å². The van der Waals surface area contributed by atoms with Gasteiger partial charge in [0.15, 0.2) is 0 Å². The molecule has 4 heteroatoms. The molecule has 0 amide bonds. The molecule has 1 aromatic carbocycles. The third kappa shape index (κ3) is 2.45. The number of thiazole rings is 1. The smallest absolute Gasteiger partial charge is 0.140 e. The van der Waals surface area contributed by atoms with Gasteiger partial charge in [-0.2, -0.15) is 0 Å². The summed E-state index contributed by atoms with van der Waals surface area (Å²) in [6.45, 7) is 0.553. The van der Waals surface area contributed by atoms with Gasteiger partial charge in [-0.05, 0) is 34.7 Å². The minimum atomic E-state index is 0.553. The lowest BCUT2D eigenvalue weighted by Gasteiger charge is -2.05. The number of ether oxygens (including phenoxy) is 1. The minimum absolute atomic E-state index is 0.553. The second kappa shape index (κ2) is 4.75. The summed E-state index contributed by atoms with van der Waals surface area (Å²) >= 11 is 3.87. The first kappa shape index (κ1) is 9.92. The summed E-state index contributed by atoms with van der Waals surface area (Å²) in [4.78, 5) is 4.15. The summed E-state index contributed by atoms with van der Waals surface area (Å²) in [6.07, 6.45) is 1.79. The van der Waals surface area contributed by atoms with Gasteiger partial charge in [0.2, 0.25) is 0 Å². The molecule has 0 atom stereocenters. The van der Waals surface area contributed by atoms with Crippen LogP contribution in [0.25, 0.3) is 0 Å². The van der Waals surface area contributed by atoms with E-state index in [0.29, 0.717) is 6.61 Å². The van der Waals surface area contributed by atoms with Crippen LogP contribution in [0.1, 0.15) is 5.01 Å². The SMILES string of the molecule is Ic1ccccc1OCc1nccs1. The van der Waals surface area contributed by atoms with Crippen LogP contribution in [-0.2, 0) is 6.61 Å². The average Bonchev–Trinajstić information content (AvgIpc) is 2.69. The van der Waals surface area contributed by atoms with E-state index in [0.717, 1.165) is 14.3 Å². The predicted octanol–water partition coefficient (Wildman–Crippen LogP) is 3.33. The molecular formula is C10H8INOS. The highest BCUT2D eigenvalue weighted by Gasteiger charge is 2.00. The normalized spacial score (nSPS) is 10.1. The first-order chi connectivity index (χ1) is 6.86. The summed E-state index contributed by atoms with van der Waals surface area (Å²) in [5.74, 6) is 0.920. The number of nitrogens with zero attached hydrogens (tertiary/aromatic N) is 1. The largest absolute Gasteiger partial charge is 0.485 e. The summed E-state index contributed by atoms with van der Waals surface area (Å²) in [6, 6.07) is 7.96. The average molecular weight is 317 g/mol. The monoisotopic (exact) mass is 317 g/mol. The van der Waals surface area contributed by atoms with Gasteiger partial charge in [-0.25, -0.2) is 4.98 Å². The summed E-state index contributed by atoms with van der Waals surface area (Å²) in [5, 5.41) is 2.96. The van der Waals surface area contributed by atoms with E-state index >= 15 is 0 Å². The highest BCUT2D eigenvalue weighted by molar-refractivity contribution is 14.1. The summed E-state index contributed by atoms with van der Waals surface area (Å²) in [7, 11) is 0. The molecule has 0 unspecified atom stereocenters. The van der Waals surface area contributed by atoms with Crippen molar-refractivity contribution in [1.29, 1.82) is 0 Å². The van der Waals surface area contributed by atoms with Gasteiger partial charge in [-0.1, -0.05) is 12.1 Å². The van der Waals surface area contributed by atoms with Crippen LogP contribution in [-0.4, -0.2) is 4.98 Å². The number of halogens is 1. The van der Waals surface area contributed by atoms with Crippen molar-refractivity contribution < 1.29 is 4.74 Å². The quantitative estimate of drug-likeness (QED) is 0.810. The fraction of sp³-hybridized carbons (Fsp3) is 0.100. The maximum absolute atomic E-state index is 5.62. The molecule has 0 saturated carbocycles. The number of rotatable bonds is 3. The van der Waals surface area contributed by atoms with Gasteiger partial charge in [0.25, 0.3) is 0 Å². The van der Waals surface area contributed by atoms with Crippen molar-refractivity contribution in [1.82, 2.24) is 4.98 Å². The third-order valence-corrected chi connectivity index (χ3v) is 3.32. The van der Waals surface area contributed by atoms with E-state index in [1.807, 2.05) is 29.6 Å². The molecule has 0 bridgehead atoms. The lowest BCUT2D eigenvalue weighted by Crippen LogP contribution is -1.95. The lowest BCUT2D eigenvalue weighted by molar-refractivity contribution is 0.303. The molecule has 0 radical (unpaired) electrons. The molecule has 2 aromatic rings. The lowest BCUT2D eigenvalue weighted by atomic mass is 10.3. The zero-order valence-electron chi connectivity index (χ0n) is 7.31. The molecule has 1 aromatic heterocycles. The predicted molar refractivity (Wildman–Crippen MR) is 65.6 cm³/mol. The van der Waals surface area contributed by atoms with Crippen molar-refractivity contribution in [2.75, 3.05) is 0 Å². The Morgan fingerprint density at radius 1 is 1.36 bits per heavy atom. The number of benzene rings is 1. The van der Waals surface area contributed by atoms with Crippen LogP contribution in [0.15, 0.2) is 35.8 Å². The van der Waals surface area contributed by atoms with E-state index in [1.165, 1.54) is 0 Å². The van der Waals surface area contributed by atoms with Gasteiger partial charge in [0.1, 0.15) is 17.4 Å². The van der Waals surface area contributed by atoms with Crippen LogP contribution in [0.4, 0.5) is 0 Å². The molecule has 0 aliphatic heterocycles. The Kier molecular flexibility index (Phi) is 3.36. The Balaban J connectivity index is 2.02. The maximum atomic E-state index is 5.62. The highest BCUT2D eigenvalue weighted by atomic mass is 127. The van der Waals surface area contributed by atoms with Crippen molar-refractivity contribution in [3.8, 4) is 5.75 Å². The van der Waals surface area contributed by atoms with Crippen molar-refractivity contribution in [2.24, 2.45) is 0 Å². The Labute approximate surface area is 100 Å². The topological polar surface area (TPSA) is 22.1 Å². The Hall–Kier alpha value is -0.620. The Bertz CT molecular complexity index is 402. The molecule has 0 saturated heterocycles. The van der Waals surface area contributed by atoms with Crippen molar-refractivity contribution in [3.63, 3.8) is 0 Å². The van der Waals surface area contributed by atoms with Gasteiger partial charge in [0, 0.05) is 11.6 Å². The van der Waals surface area contributed by atoms with Gasteiger partial charge in [0.05, 0.1) is 3.57 Å². The van der Waals surface area contributed by atoms with Crippen LogP contribution in [0, 0.1) is 3.57 Å². The van der Waals surface area contributed by atoms with E-state index in [4.69, 9.17) is 4.74 Å². The zero-order chi connectivity index (χ0) is 9.80. The minimum Gasteiger partial charge on any atom is -0.485 e. The molecule has 0 spiro atoms. The van der Waals surface area contributed by atoms with Crippen molar-refractivity contribution in [3.05, 3.63) is 44.4 Å². The molecule has 1 heterocycles. The maximum Gasteiger partial charge on any atom is 0.140 e. The zero-order valence-corrected chi connectivity index (χ0v) is 10.3. The standard InChI is InChI=1S/C10H8INOS/c11-8-3-1-2-4-9(8)13-7-10-12-5-6-14-10/h1-6H,7H2. The third-order valence-electron chi connectivity index (χ3n) is 1.67. The van der Waals surface area contributed by atoms with E-state index in [2.05, 4.69) is 27.6 Å². The first-order valence-corrected chi connectivity index (χ1v) is 6.08. The Morgan fingerprint density at radius 2 is 2.21 bits per heavy atom. The summed E-state index contributed by atoms with van der Waals surface area (Å²) < 4.78 is 6.75. The van der Waals surface area contributed by atoms with E-state index in [9.17, 15) is 0 Å². The van der Waals surface area contributed by atoms with Crippen LogP contribution < -0.4 is 4.74 Å². The van der Waals surface area contributed by atoms with E-state index < -0.39 is 0 Å². The fourth-order valence-corrected chi connectivity index (χ4v) is 2.10. The second-order valence-corrected chi connectivity index (χ2v) is 4.79. The molecule has 0 aliphatic rings. The molecule has 2 rings (SSSR count). The van der Waals surface area contributed by atoms with Crippen molar-refractivity contribution >= 4 is 33.9 Å². The highest BCUT2D eigenvalue weighted by Crippen LogP contribution is 2.21. The number of aromatic nitrogens is 1. The molecular weight excluding hydrogens is 309 g/mol. The number of para-hydroxylation sites is 1. The summed E-state index contributed by atoms with van der Waals surface area (Å²) in [5.41, 5.74) is 0. The Morgan fingerprint density at radius 3 is 2.93 bits per heavy atom. The van der Waals surface area contributed by atoms with E-state index in [-0.39, 0.29) is 0 Å². The van der Waals surface area contributed by atoms with Crippen LogP contribution in [0.5, 0.6) is 5.75 Å². The fourth-order valence-electron chi connectivity index (χ4n) is 1.03.